The van der Waals surface area contributed by atoms with Gasteiger partial charge in [-0.1, -0.05) is 267 Å². The van der Waals surface area contributed by atoms with E-state index in [1.54, 1.807) is 0 Å². The summed E-state index contributed by atoms with van der Waals surface area (Å²) in [6.07, 6.45) is 0. The van der Waals surface area contributed by atoms with E-state index in [2.05, 4.69) is 314 Å². The van der Waals surface area contributed by atoms with Crippen LogP contribution < -0.4 is 4.90 Å². The van der Waals surface area contributed by atoms with Gasteiger partial charge in [0.05, 0.1) is 11.1 Å². The Morgan fingerprint density at radius 3 is 1.34 bits per heavy atom. The molecule has 0 atom stereocenters. The minimum atomic E-state index is -0.509. The first kappa shape index (κ1) is 44.8. The zero-order valence-electron chi connectivity index (χ0n) is 41.9. The number of fused-ring (bicyclic) bond motifs is 6. The Morgan fingerprint density at radius 1 is 0.224 bits per heavy atom. The fourth-order valence-electron chi connectivity index (χ4n) is 12.4. The van der Waals surface area contributed by atoms with Crippen molar-refractivity contribution in [2.24, 2.45) is 0 Å². The molecule has 0 spiro atoms. The molecule has 0 unspecified atom stereocenters. The molecule has 0 aliphatic heterocycles. The van der Waals surface area contributed by atoms with Gasteiger partial charge in [-0.2, -0.15) is 0 Å². The van der Waals surface area contributed by atoms with Crippen molar-refractivity contribution in [2.45, 2.75) is 5.41 Å². The van der Waals surface area contributed by atoms with Gasteiger partial charge in [0, 0.05) is 16.9 Å². The highest BCUT2D eigenvalue weighted by Gasteiger charge is 2.46. The zero-order valence-corrected chi connectivity index (χ0v) is 41.9. The molecule has 0 amide bonds. The molecule has 13 aromatic carbocycles. The summed E-state index contributed by atoms with van der Waals surface area (Å²) in [6.45, 7) is 0. The maximum atomic E-state index is 2.49. The van der Waals surface area contributed by atoms with E-state index in [4.69, 9.17) is 0 Å². The number of hydrogen-bond donors (Lipinski definition) is 0. The Labute approximate surface area is 444 Å². The number of nitrogens with zero attached hydrogens (tertiary/aromatic N) is 1. The van der Waals surface area contributed by atoms with Crippen LogP contribution in [0.15, 0.2) is 309 Å². The van der Waals surface area contributed by atoms with Crippen LogP contribution in [0.3, 0.4) is 0 Å². The minimum Gasteiger partial charge on any atom is -0.310 e. The van der Waals surface area contributed by atoms with Crippen LogP contribution in [0.2, 0.25) is 0 Å². The van der Waals surface area contributed by atoms with E-state index in [0.29, 0.717) is 0 Å². The predicted octanol–water partition coefficient (Wildman–Crippen LogP) is 20.2. The second kappa shape index (κ2) is 18.9. The Morgan fingerprint density at radius 2 is 0.684 bits per heavy atom. The third kappa shape index (κ3) is 7.47. The van der Waals surface area contributed by atoms with E-state index in [9.17, 15) is 0 Å². The smallest absolute Gasteiger partial charge is 0.0713 e. The summed E-state index contributed by atoms with van der Waals surface area (Å²) in [5.74, 6) is 0. The third-order valence-corrected chi connectivity index (χ3v) is 15.7. The second-order valence-corrected chi connectivity index (χ2v) is 19.9. The van der Waals surface area contributed by atoms with Crippen LogP contribution in [0.1, 0.15) is 22.3 Å². The van der Waals surface area contributed by atoms with Crippen LogP contribution in [0.5, 0.6) is 0 Å². The Kier molecular flexibility index (Phi) is 11.2. The second-order valence-electron chi connectivity index (χ2n) is 19.9. The van der Waals surface area contributed by atoms with Crippen molar-refractivity contribution >= 4 is 38.6 Å². The number of benzene rings is 13. The molecule has 1 aliphatic rings. The molecule has 356 valence electrons. The van der Waals surface area contributed by atoms with Crippen LogP contribution >= 0.6 is 0 Å². The largest absolute Gasteiger partial charge is 0.310 e. The lowest BCUT2D eigenvalue weighted by Gasteiger charge is -2.34. The quantitative estimate of drug-likeness (QED) is 0.123. The molecule has 0 bridgehead atoms. The van der Waals surface area contributed by atoms with Crippen LogP contribution in [0, 0.1) is 0 Å². The van der Waals surface area contributed by atoms with E-state index in [1.807, 2.05) is 0 Å². The normalized spacial score (nSPS) is 12.3. The van der Waals surface area contributed by atoms with Crippen molar-refractivity contribution in [1.29, 1.82) is 0 Å². The summed E-state index contributed by atoms with van der Waals surface area (Å²) >= 11 is 0. The van der Waals surface area contributed by atoms with Crippen LogP contribution in [-0.2, 0) is 5.41 Å². The molecule has 13 aromatic rings. The first-order valence-corrected chi connectivity index (χ1v) is 26.3. The van der Waals surface area contributed by atoms with Gasteiger partial charge in [-0.05, 0) is 147 Å². The van der Waals surface area contributed by atoms with Gasteiger partial charge in [0.25, 0.3) is 0 Å². The highest BCUT2D eigenvalue weighted by atomic mass is 15.1. The summed E-state index contributed by atoms with van der Waals surface area (Å²) in [6, 6.07) is 114. The van der Waals surface area contributed by atoms with E-state index in [1.165, 1.54) is 88.3 Å². The van der Waals surface area contributed by atoms with Gasteiger partial charge in [0.2, 0.25) is 0 Å². The van der Waals surface area contributed by atoms with Crippen molar-refractivity contribution in [1.82, 2.24) is 0 Å². The number of rotatable bonds is 10. The maximum absolute atomic E-state index is 2.49. The van der Waals surface area contributed by atoms with Crippen molar-refractivity contribution in [3.8, 4) is 66.8 Å². The average Bonchev–Trinajstić information content (AvgIpc) is 3.99. The summed E-state index contributed by atoms with van der Waals surface area (Å²) in [7, 11) is 0. The molecule has 76 heavy (non-hydrogen) atoms. The lowest BCUT2D eigenvalue weighted by atomic mass is 9.68. The molecule has 0 N–H and O–H groups in total. The van der Waals surface area contributed by atoms with Crippen molar-refractivity contribution in [3.05, 3.63) is 332 Å². The first-order chi connectivity index (χ1) is 37.7. The Balaban J connectivity index is 1.01. The zero-order chi connectivity index (χ0) is 50.4. The lowest BCUT2D eigenvalue weighted by molar-refractivity contribution is 0.768. The standard InChI is InChI=1S/C75H51N/c1-7-24-52(25-8-1)57-43-47-72(67(49-57)53-26-9-2-10-27-53)76(62-44-46-71-68(51-62)65-39-21-22-41-70(65)75(71,59-33-15-5-16-34-59)60-35-17-6-18-36-60)61-37-23-32-56(48-61)58-42-45-64-63-38-19-20-40-66(63)73(54-28-11-3-12-29-54)74(69(64)50-58)55-30-13-4-14-31-55/h1-51H. The fraction of sp³-hybridized carbons (Fsp3) is 0.0133. The Bertz CT molecular complexity index is 4210. The first-order valence-electron chi connectivity index (χ1n) is 26.3. The molecule has 1 heteroatoms. The monoisotopic (exact) mass is 965 g/mol. The van der Waals surface area contributed by atoms with Gasteiger partial charge in [0.1, 0.15) is 0 Å². The van der Waals surface area contributed by atoms with Gasteiger partial charge < -0.3 is 4.90 Å². The van der Waals surface area contributed by atoms with E-state index >= 15 is 0 Å². The van der Waals surface area contributed by atoms with Gasteiger partial charge >= 0.3 is 0 Å². The molecule has 1 nitrogen and oxygen atoms in total. The highest BCUT2D eigenvalue weighted by Crippen LogP contribution is 2.58. The summed E-state index contributed by atoms with van der Waals surface area (Å²) in [4.78, 5) is 2.49. The molecular formula is C75H51N. The average molecular weight is 966 g/mol. The topological polar surface area (TPSA) is 3.24 Å². The molecule has 0 heterocycles. The van der Waals surface area contributed by atoms with Crippen LogP contribution in [0.25, 0.3) is 88.3 Å². The summed E-state index contributed by atoms with van der Waals surface area (Å²) in [5, 5.41) is 4.96. The molecule has 1 aliphatic carbocycles. The van der Waals surface area contributed by atoms with Crippen molar-refractivity contribution < 1.29 is 0 Å². The van der Waals surface area contributed by atoms with E-state index < -0.39 is 5.41 Å². The third-order valence-electron chi connectivity index (χ3n) is 15.7. The van der Waals surface area contributed by atoms with Crippen LogP contribution in [-0.4, -0.2) is 0 Å². The molecule has 14 rings (SSSR count). The maximum Gasteiger partial charge on any atom is 0.0713 e. The van der Waals surface area contributed by atoms with Crippen molar-refractivity contribution in [3.63, 3.8) is 0 Å². The van der Waals surface area contributed by atoms with Gasteiger partial charge in [0.15, 0.2) is 0 Å². The van der Waals surface area contributed by atoms with Crippen LogP contribution in [0.4, 0.5) is 17.1 Å². The lowest BCUT2D eigenvalue weighted by Crippen LogP contribution is -2.28. The number of hydrogen-bond acceptors (Lipinski definition) is 1. The molecular weight excluding hydrogens is 915 g/mol. The van der Waals surface area contributed by atoms with Crippen molar-refractivity contribution in [2.75, 3.05) is 4.90 Å². The SMILES string of the molecule is c1ccc(-c2ccc(N(c3cccc(-c4ccc5c(c4)c(-c4ccccc4)c(-c4ccccc4)c4ccccc45)c3)c3ccc4c(c3)-c3ccccc3C4(c3ccccc3)c3ccccc3)c(-c3ccccc3)c2)cc1. The molecule has 0 saturated heterocycles. The van der Waals surface area contributed by atoms with Gasteiger partial charge in [-0.3, -0.25) is 0 Å². The molecule has 0 saturated carbocycles. The van der Waals surface area contributed by atoms with E-state index in [0.717, 1.165) is 39.3 Å². The van der Waals surface area contributed by atoms with Gasteiger partial charge in [-0.15, -0.1) is 0 Å². The fourth-order valence-corrected chi connectivity index (χ4v) is 12.4. The predicted molar refractivity (Wildman–Crippen MR) is 321 cm³/mol. The summed E-state index contributed by atoms with van der Waals surface area (Å²) < 4.78 is 0. The highest BCUT2D eigenvalue weighted by molar-refractivity contribution is 6.22. The molecule has 0 radical (unpaired) electrons. The minimum absolute atomic E-state index is 0.509. The molecule has 0 aromatic heterocycles. The molecule has 0 fully saturated rings. The summed E-state index contributed by atoms with van der Waals surface area (Å²) in [5.41, 5.74) is 22.1. The number of anilines is 3. The van der Waals surface area contributed by atoms with E-state index in [-0.39, 0.29) is 0 Å². The van der Waals surface area contributed by atoms with Gasteiger partial charge in [-0.25, -0.2) is 0 Å². The Hall–Kier alpha value is -9.82.